The standard InChI is InChI=1S/C13H12N2S2/c1-2-12(10-3-5-14-6-4-10)15-9-11(1)13-16-7-8-17-13/h1-6,9,13H,7-8H2. The Bertz CT molecular complexity index is 479. The lowest BCUT2D eigenvalue weighted by atomic mass is 10.1. The Kier molecular flexibility index (Phi) is 3.34. The third-order valence-electron chi connectivity index (χ3n) is 2.66. The first-order valence-electron chi connectivity index (χ1n) is 5.53. The largest absolute Gasteiger partial charge is 0.265 e. The molecular formula is C13H12N2S2. The summed E-state index contributed by atoms with van der Waals surface area (Å²) in [5.74, 6) is 2.50. The molecule has 0 N–H and O–H groups in total. The van der Waals surface area contributed by atoms with Crippen molar-refractivity contribution in [1.29, 1.82) is 0 Å². The van der Waals surface area contributed by atoms with Crippen LogP contribution in [-0.2, 0) is 0 Å². The number of pyridine rings is 2. The van der Waals surface area contributed by atoms with Crippen molar-refractivity contribution in [2.45, 2.75) is 4.58 Å². The topological polar surface area (TPSA) is 25.8 Å². The van der Waals surface area contributed by atoms with Gasteiger partial charge < -0.3 is 0 Å². The SMILES string of the molecule is c1cc(-c2ccc(C3SCCS3)cn2)ccn1. The number of hydrogen-bond donors (Lipinski definition) is 0. The highest BCUT2D eigenvalue weighted by Gasteiger charge is 2.18. The molecule has 3 heterocycles. The fourth-order valence-electron chi connectivity index (χ4n) is 1.79. The second kappa shape index (κ2) is 5.10. The van der Waals surface area contributed by atoms with E-state index in [1.807, 2.05) is 41.9 Å². The molecule has 1 fully saturated rings. The molecule has 0 amide bonds. The van der Waals surface area contributed by atoms with Crippen LogP contribution in [0.15, 0.2) is 42.9 Å². The zero-order valence-corrected chi connectivity index (χ0v) is 10.9. The van der Waals surface area contributed by atoms with Crippen LogP contribution in [0.3, 0.4) is 0 Å². The van der Waals surface area contributed by atoms with Crippen molar-refractivity contribution in [3.63, 3.8) is 0 Å². The zero-order valence-electron chi connectivity index (χ0n) is 9.24. The van der Waals surface area contributed by atoms with Gasteiger partial charge in [0, 0.05) is 35.7 Å². The minimum absolute atomic E-state index is 0.578. The van der Waals surface area contributed by atoms with Gasteiger partial charge in [0.05, 0.1) is 10.3 Å². The number of hydrogen-bond acceptors (Lipinski definition) is 4. The molecule has 1 aliphatic rings. The molecular weight excluding hydrogens is 248 g/mol. The molecule has 0 aromatic carbocycles. The van der Waals surface area contributed by atoms with Crippen LogP contribution in [0, 0.1) is 0 Å². The lowest BCUT2D eigenvalue weighted by Gasteiger charge is -2.08. The molecule has 0 aliphatic carbocycles. The van der Waals surface area contributed by atoms with E-state index in [9.17, 15) is 0 Å². The van der Waals surface area contributed by atoms with Crippen molar-refractivity contribution >= 4 is 23.5 Å². The van der Waals surface area contributed by atoms with Crippen molar-refractivity contribution in [2.24, 2.45) is 0 Å². The molecule has 3 rings (SSSR count). The summed E-state index contributed by atoms with van der Waals surface area (Å²) in [7, 11) is 0. The van der Waals surface area contributed by atoms with Crippen LogP contribution >= 0.6 is 23.5 Å². The van der Waals surface area contributed by atoms with Crippen molar-refractivity contribution in [2.75, 3.05) is 11.5 Å². The number of thioether (sulfide) groups is 2. The van der Waals surface area contributed by atoms with Crippen LogP contribution in [0.25, 0.3) is 11.3 Å². The van der Waals surface area contributed by atoms with E-state index in [1.165, 1.54) is 17.1 Å². The molecule has 4 heteroatoms. The molecule has 0 atom stereocenters. The van der Waals surface area contributed by atoms with Crippen LogP contribution in [0.2, 0.25) is 0 Å². The summed E-state index contributed by atoms with van der Waals surface area (Å²) in [5, 5.41) is 0. The van der Waals surface area contributed by atoms with Gasteiger partial charge in [-0.15, -0.1) is 23.5 Å². The first-order chi connectivity index (χ1) is 8.43. The van der Waals surface area contributed by atoms with E-state index in [0.29, 0.717) is 4.58 Å². The molecule has 17 heavy (non-hydrogen) atoms. The maximum Gasteiger partial charge on any atom is 0.0766 e. The Balaban J connectivity index is 1.85. The average molecular weight is 260 g/mol. The lowest BCUT2D eigenvalue weighted by Crippen LogP contribution is -1.89. The lowest BCUT2D eigenvalue weighted by molar-refractivity contribution is 1.24. The van der Waals surface area contributed by atoms with Crippen LogP contribution in [0.4, 0.5) is 0 Å². The van der Waals surface area contributed by atoms with Gasteiger partial charge >= 0.3 is 0 Å². The van der Waals surface area contributed by atoms with Crippen LogP contribution in [0.5, 0.6) is 0 Å². The van der Waals surface area contributed by atoms with Gasteiger partial charge in [-0.05, 0) is 23.8 Å². The van der Waals surface area contributed by atoms with E-state index in [2.05, 4.69) is 22.1 Å². The molecule has 2 aromatic rings. The van der Waals surface area contributed by atoms with Crippen LogP contribution in [0.1, 0.15) is 10.1 Å². The van der Waals surface area contributed by atoms with Crippen LogP contribution in [-0.4, -0.2) is 21.5 Å². The third kappa shape index (κ3) is 2.48. The van der Waals surface area contributed by atoms with Crippen LogP contribution < -0.4 is 0 Å². The number of aromatic nitrogens is 2. The zero-order chi connectivity index (χ0) is 11.5. The monoisotopic (exact) mass is 260 g/mol. The smallest absolute Gasteiger partial charge is 0.0766 e. The Labute approximate surface area is 109 Å². The fourth-order valence-corrected chi connectivity index (χ4v) is 4.61. The van der Waals surface area contributed by atoms with E-state index in [1.54, 1.807) is 12.4 Å². The Morgan fingerprint density at radius 2 is 1.76 bits per heavy atom. The molecule has 86 valence electrons. The van der Waals surface area contributed by atoms with Gasteiger partial charge in [-0.25, -0.2) is 0 Å². The van der Waals surface area contributed by atoms with Crippen molar-refractivity contribution < 1.29 is 0 Å². The van der Waals surface area contributed by atoms with E-state index < -0.39 is 0 Å². The van der Waals surface area contributed by atoms with Gasteiger partial charge in [0.15, 0.2) is 0 Å². The molecule has 2 nitrogen and oxygen atoms in total. The maximum absolute atomic E-state index is 4.54. The number of rotatable bonds is 2. The molecule has 2 aromatic heterocycles. The summed E-state index contributed by atoms with van der Waals surface area (Å²) in [6.07, 6.45) is 5.60. The van der Waals surface area contributed by atoms with Crippen molar-refractivity contribution in [3.8, 4) is 11.3 Å². The molecule has 0 saturated carbocycles. The molecule has 0 radical (unpaired) electrons. The van der Waals surface area contributed by atoms with Crippen molar-refractivity contribution in [1.82, 2.24) is 9.97 Å². The van der Waals surface area contributed by atoms with Gasteiger partial charge in [0.25, 0.3) is 0 Å². The van der Waals surface area contributed by atoms with E-state index >= 15 is 0 Å². The second-order valence-electron chi connectivity index (χ2n) is 3.79. The van der Waals surface area contributed by atoms with Gasteiger partial charge in [0.1, 0.15) is 0 Å². The molecule has 1 saturated heterocycles. The summed E-state index contributed by atoms with van der Waals surface area (Å²) in [6, 6.07) is 8.27. The first kappa shape index (κ1) is 11.1. The molecule has 0 bridgehead atoms. The van der Waals surface area contributed by atoms with E-state index in [0.717, 1.165) is 11.3 Å². The second-order valence-corrected chi connectivity index (χ2v) is 6.51. The Morgan fingerprint density at radius 3 is 2.41 bits per heavy atom. The van der Waals surface area contributed by atoms with Gasteiger partial charge in [-0.1, -0.05) is 6.07 Å². The average Bonchev–Trinajstić information content (AvgIpc) is 2.94. The van der Waals surface area contributed by atoms with Crippen molar-refractivity contribution in [3.05, 3.63) is 48.4 Å². The quantitative estimate of drug-likeness (QED) is 0.823. The number of nitrogens with zero attached hydrogens (tertiary/aromatic N) is 2. The minimum atomic E-state index is 0.578. The summed E-state index contributed by atoms with van der Waals surface area (Å²) >= 11 is 4.02. The van der Waals surface area contributed by atoms with Gasteiger partial charge in [-0.3, -0.25) is 9.97 Å². The summed E-state index contributed by atoms with van der Waals surface area (Å²) < 4.78 is 0.578. The summed E-state index contributed by atoms with van der Waals surface area (Å²) in [5.41, 5.74) is 3.47. The fraction of sp³-hybridized carbons (Fsp3) is 0.231. The van der Waals surface area contributed by atoms with Gasteiger partial charge in [-0.2, -0.15) is 0 Å². The maximum atomic E-state index is 4.54. The summed E-state index contributed by atoms with van der Waals surface area (Å²) in [4.78, 5) is 8.56. The highest BCUT2D eigenvalue weighted by Crippen LogP contribution is 2.45. The predicted molar refractivity (Wildman–Crippen MR) is 75.1 cm³/mol. The predicted octanol–water partition coefficient (Wildman–Crippen LogP) is 3.62. The first-order valence-corrected chi connectivity index (χ1v) is 7.63. The summed E-state index contributed by atoms with van der Waals surface area (Å²) in [6.45, 7) is 0. The minimum Gasteiger partial charge on any atom is -0.265 e. The van der Waals surface area contributed by atoms with E-state index in [4.69, 9.17) is 0 Å². The Hall–Kier alpha value is -1.00. The normalized spacial score (nSPS) is 16.2. The van der Waals surface area contributed by atoms with Gasteiger partial charge in [0.2, 0.25) is 0 Å². The molecule has 1 aliphatic heterocycles. The highest BCUT2D eigenvalue weighted by molar-refractivity contribution is 8.19. The molecule has 0 spiro atoms. The highest BCUT2D eigenvalue weighted by atomic mass is 32.2. The van der Waals surface area contributed by atoms with E-state index in [-0.39, 0.29) is 0 Å². The third-order valence-corrected chi connectivity index (χ3v) is 5.76. The molecule has 0 unspecified atom stereocenters. The Morgan fingerprint density at radius 1 is 1.00 bits per heavy atom.